The highest BCUT2D eigenvalue weighted by Gasteiger charge is 2.16. The fraction of sp³-hybridized carbons (Fsp3) is 0.500. The summed E-state index contributed by atoms with van der Waals surface area (Å²) in [6, 6.07) is 8.48. The van der Waals surface area contributed by atoms with Crippen molar-refractivity contribution in [1.29, 1.82) is 0 Å². The number of hydrogen-bond donors (Lipinski definition) is 1. The van der Waals surface area contributed by atoms with Crippen LogP contribution in [0.3, 0.4) is 0 Å². The second-order valence-corrected chi connectivity index (χ2v) is 5.66. The minimum atomic E-state index is -0.164. The highest BCUT2D eigenvalue weighted by Crippen LogP contribution is 2.26. The first-order valence-electron chi connectivity index (χ1n) is 7.90. The molecular formula is C16H23N5O. The van der Waals surface area contributed by atoms with Crippen molar-refractivity contribution in [2.75, 3.05) is 18.0 Å². The number of nitrogens with two attached hydrogens (primary N) is 1. The third kappa shape index (κ3) is 2.92. The SMILES string of the molecule is CCn1c(Oc2ccc(N3CCCC3)cc2)nnc1[C@@H](C)N. The second-order valence-electron chi connectivity index (χ2n) is 5.66. The lowest BCUT2D eigenvalue weighted by Crippen LogP contribution is -2.17. The van der Waals surface area contributed by atoms with E-state index in [9.17, 15) is 0 Å². The summed E-state index contributed by atoms with van der Waals surface area (Å²) in [5, 5.41) is 8.22. The first-order chi connectivity index (χ1) is 10.7. The summed E-state index contributed by atoms with van der Waals surface area (Å²) in [6.07, 6.45) is 2.55. The Labute approximate surface area is 130 Å². The Hall–Kier alpha value is -2.08. The predicted octanol–water partition coefficient (Wildman–Crippen LogP) is 2.71. The maximum atomic E-state index is 5.90. The van der Waals surface area contributed by atoms with E-state index in [1.54, 1.807) is 0 Å². The zero-order chi connectivity index (χ0) is 15.5. The van der Waals surface area contributed by atoms with Crippen LogP contribution in [0.25, 0.3) is 0 Å². The highest BCUT2D eigenvalue weighted by atomic mass is 16.5. The van der Waals surface area contributed by atoms with Gasteiger partial charge in [-0.3, -0.25) is 4.57 Å². The van der Waals surface area contributed by atoms with Crippen molar-refractivity contribution >= 4 is 5.69 Å². The summed E-state index contributed by atoms with van der Waals surface area (Å²) < 4.78 is 7.77. The van der Waals surface area contributed by atoms with Crippen LogP contribution in [0.2, 0.25) is 0 Å². The number of rotatable bonds is 5. The van der Waals surface area contributed by atoms with Gasteiger partial charge in [0.1, 0.15) is 5.75 Å². The molecule has 0 aliphatic carbocycles. The van der Waals surface area contributed by atoms with Crippen molar-refractivity contribution in [3.05, 3.63) is 30.1 Å². The molecule has 0 amide bonds. The topological polar surface area (TPSA) is 69.2 Å². The van der Waals surface area contributed by atoms with Gasteiger partial charge >= 0.3 is 6.01 Å². The van der Waals surface area contributed by atoms with E-state index in [1.807, 2.05) is 30.5 Å². The van der Waals surface area contributed by atoms with Gasteiger partial charge in [0.15, 0.2) is 5.82 Å². The van der Waals surface area contributed by atoms with Crippen molar-refractivity contribution in [1.82, 2.24) is 14.8 Å². The molecule has 0 radical (unpaired) electrons. The lowest BCUT2D eigenvalue weighted by Gasteiger charge is -2.17. The zero-order valence-electron chi connectivity index (χ0n) is 13.2. The van der Waals surface area contributed by atoms with Crippen LogP contribution in [0.5, 0.6) is 11.8 Å². The number of nitrogens with zero attached hydrogens (tertiary/aromatic N) is 4. The molecule has 2 aromatic rings. The summed E-state index contributed by atoms with van der Waals surface area (Å²) in [5.74, 6) is 1.51. The van der Waals surface area contributed by atoms with E-state index in [-0.39, 0.29) is 6.04 Å². The minimum absolute atomic E-state index is 0.164. The zero-order valence-corrected chi connectivity index (χ0v) is 13.2. The Morgan fingerprint density at radius 2 is 1.86 bits per heavy atom. The fourth-order valence-corrected chi connectivity index (χ4v) is 2.82. The molecule has 1 aromatic heterocycles. The van der Waals surface area contributed by atoms with Gasteiger partial charge in [0.25, 0.3) is 0 Å². The molecule has 118 valence electrons. The molecule has 3 rings (SSSR count). The van der Waals surface area contributed by atoms with Gasteiger partial charge < -0.3 is 15.4 Å². The van der Waals surface area contributed by atoms with Crippen molar-refractivity contribution < 1.29 is 4.74 Å². The van der Waals surface area contributed by atoms with Crippen molar-refractivity contribution in [2.24, 2.45) is 5.73 Å². The number of aromatic nitrogens is 3. The third-order valence-electron chi connectivity index (χ3n) is 3.99. The van der Waals surface area contributed by atoms with Gasteiger partial charge in [-0.25, -0.2) is 0 Å². The van der Waals surface area contributed by atoms with E-state index < -0.39 is 0 Å². The van der Waals surface area contributed by atoms with E-state index in [2.05, 4.69) is 27.2 Å². The van der Waals surface area contributed by atoms with Crippen LogP contribution in [0.4, 0.5) is 5.69 Å². The van der Waals surface area contributed by atoms with Crippen LogP contribution in [0, 0.1) is 0 Å². The first-order valence-corrected chi connectivity index (χ1v) is 7.90. The van der Waals surface area contributed by atoms with Gasteiger partial charge in [-0.2, -0.15) is 0 Å². The quantitative estimate of drug-likeness (QED) is 0.919. The molecule has 6 heteroatoms. The monoisotopic (exact) mass is 301 g/mol. The average molecular weight is 301 g/mol. The van der Waals surface area contributed by atoms with Crippen LogP contribution < -0.4 is 15.4 Å². The lowest BCUT2D eigenvalue weighted by molar-refractivity contribution is 0.409. The van der Waals surface area contributed by atoms with E-state index in [4.69, 9.17) is 10.5 Å². The Morgan fingerprint density at radius 3 is 2.45 bits per heavy atom. The Bertz CT molecular complexity index is 614. The van der Waals surface area contributed by atoms with Crippen LogP contribution in [-0.4, -0.2) is 27.9 Å². The van der Waals surface area contributed by atoms with Gasteiger partial charge in [-0.1, -0.05) is 5.10 Å². The molecule has 1 atom stereocenters. The maximum absolute atomic E-state index is 5.90. The summed E-state index contributed by atoms with van der Waals surface area (Å²) in [6.45, 7) is 6.93. The predicted molar refractivity (Wildman–Crippen MR) is 86.3 cm³/mol. The molecule has 1 saturated heterocycles. The van der Waals surface area contributed by atoms with E-state index >= 15 is 0 Å². The number of anilines is 1. The molecule has 0 spiro atoms. The first kappa shape index (κ1) is 14.8. The summed E-state index contributed by atoms with van der Waals surface area (Å²) in [7, 11) is 0. The normalized spacial score (nSPS) is 16.0. The van der Waals surface area contributed by atoms with Gasteiger partial charge in [0, 0.05) is 25.3 Å². The summed E-state index contributed by atoms with van der Waals surface area (Å²) >= 11 is 0. The number of benzene rings is 1. The minimum Gasteiger partial charge on any atom is -0.424 e. The second kappa shape index (κ2) is 6.36. The molecule has 2 N–H and O–H groups in total. The third-order valence-corrected chi connectivity index (χ3v) is 3.99. The molecule has 0 saturated carbocycles. The molecule has 2 heterocycles. The summed E-state index contributed by atoms with van der Waals surface area (Å²) in [4.78, 5) is 2.40. The molecule has 1 aliphatic heterocycles. The van der Waals surface area contributed by atoms with E-state index in [0.29, 0.717) is 6.01 Å². The molecule has 0 unspecified atom stereocenters. The number of ether oxygens (including phenoxy) is 1. The largest absolute Gasteiger partial charge is 0.424 e. The maximum Gasteiger partial charge on any atom is 0.322 e. The molecule has 22 heavy (non-hydrogen) atoms. The Morgan fingerprint density at radius 1 is 1.18 bits per heavy atom. The molecule has 1 aromatic carbocycles. The van der Waals surface area contributed by atoms with Crippen molar-refractivity contribution in [3.8, 4) is 11.8 Å². The Kier molecular flexibility index (Phi) is 4.29. The van der Waals surface area contributed by atoms with E-state index in [0.717, 1.165) is 31.2 Å². The van der Waals surface area contributed by atoms with Crippen LogP contribution in [-0.2, 0) is 6.54 Å². The van der Waals surface area contributed by atoms with Crippen LogP contribution in [0.1, 0.15) is 38.6 Å². The molecule has 6 nitrogen and oxygen atoms in total. The molecule has 1 fully saturated rings. The fourth-order valence-electron chi connectivity index (χ4n) is 2.82. The Balaban J connectivity index is 1.75. The van der Waals surface area contributed by atoms with Gasteiger partial charge in [-0.15, -0.1) is 5.10 Å². The van der Waals surface area contributed by atoms with Crippen LogP contribution >= 0.6 is 0 Å². The van der Waals surface area contributed by atoms with Gasteiger partial charge in [0.05, 0.1) is 6.04 Å². The molecule has 1 aliphatic rings. The van der Waals surface area contributed by atoms with E-state index in [1.165, 1.54) is 18.5 Å². The van der Waals surface area contributed by atoms with Gasteiger partial charge in [-0.05, 0) is 51.0 Å². The average Bonchev–Trinajstić information content (AvgIpc) is 3.17. The van der Waals surface area contributed by atoms with Gasteiger partial charge in [0.2, 0.25) is 0 Å². The smallest absolute Gasteiger partial charge is 0.322 e. The number of hydrogen-bond acceptors (Lipinski definition) is 5. The summed E-state index contributed by atoms with van der Waals surface area (Å²) in [5.41, 5.74) is 7.15. The van der Waals surface area contributed by atoms with Crippen LogP contribution in [0.15, 0.2) is 24.3 Å². The van der Waals surface area contributed by atoms with Crippen molar-refractivity contribution in [2.45, 2.75) is 39.3 Å². The highest BCUT2D eigenvalue weighted by molar-refractivity contribution is 5.49. The molecule has 0 bridgehead atoms. The molecular weight excluding hydrogens is 278 g/mol. The lowest BCUT2D eigenvalue weighted by atomic mass is 10.3. The van der Waals surface area contributed by atoms with Crippen molar-refractivity contribution in [3.63, 3.8) is 0 Å². The standard InChI is InChI=1S/C16H23N5O/c1-3-21-15(12(2)17)18-19-16(21)22-14-8-6-13(7-9-14)20-10-4-5-11-20/h6-9,12H,3-5,10-11,17H2,1-2H3/t12-/m1/s1.